The summed E-state index contributed by atoms with van der Waals surface area (Å²) in [6, 6.07) is 6.27. The molecule has 16 heavy (non-hydrogen) atoms. The number of nitrogens with two attached hydrogens (primary N) is 2. The number of carbonyl (C=O) groups is 1. The summed E-state index contributed by atoms with van der Waals surface area (Å²) < 4.78 is 30.2. The average molecular weight is 244 g/mol. The number of rotatable bonds is 4. The van der Waals surface area contributed by atoms with Gasteiger partial charge < -0.3 is 11.5 Å². The van der Waals surface area contributed by atoms with E-state index in [9.17, 15) is 13.2 Å². The van der Waals surface area contributed by atoms with Gasteiger partial charge in [0, 0.05) is 5.69 Å². The predicted octanol–water partition coefficient (Wildman–Crippen LogP) is -0.274. The van der Waals surface area contributed by atoms with Crippen LogP contribution in [-0.2, 0) is 14.9 Å². The first-order valence-corrected chi connectivity index (χ1v) is 6.01. The lowest BCUT2D eigenvalue weighted by Gasteiger charge is -2.13. The third kappa shape index (κ3) is 3.21. The molecule has 0 radical (unpaired) electrons. The van der Waals surface area contributed by atoms with Crippen LogP contribution in [0.2, 0.25) is 0 Å². The highest BCUT2D eigenvalue weighted by atomic mass is 32.2. The van der Waals surface area contributed by atoms with Crippen LogP contribution in [0.4, 0.5) is 5.69 Å². The first-order valence-electron chi connectivity index (χ1n) is 4.40. The van der Waals surface area contributed by atoms with Crippen molar-refractivity contribution < 1.29 is 17.8 Å². The lowest BCUT2D eigenvalue weighted by Crippen LogP contribution is -2.28. The lowest BCUT2D eigenvalue weighted by atomic mass is 9.99. The van der Waals surface area contributed by atoms with Crippen molar-refractivity contribution in [2.45, 2.75) is 5.92 Å². The lowest BCUT2D eigenvalue weighted by molar-refractivity contribution is -0.119. The number of hydrogen-bond acceptors (Lipinski definition) is 4. The van der Waals surface area contributed by atoms with E-state index in [1.165, 1.54) is 12.1 Å². The molecule has 1 rings (SSSR count). The van der Waals surface area contributed by atoms with E-state index in [1.807, 2.05) is 0 Å². The molecule has 1 atom stereocenters. The van der Waals surface area contributed by atoms with Gasteiger partial charge in [-0.25, -0.2) is 0 Å². The summed E-state index contributed by atoms with van der Waals surface area (Å²) in [6.45, 7) is 0. The summed E-state index contributed by atoms with van der Waals surface area (Å²) in [4.78, 5) is 11.1. The maximum atomic E-state index is 11.1. The zero-order chi connectivity index (χ0) is 12.3. The number of amides is 1. The van der Waals surface area contributed by atoms with Crippen molar-refractivity contribution in [3.63, 3.8) is 0 Å². The Labute approximate surface area is 93.0 Å². The van der Waals surface area contributed by atoms with Crippen LogP contribution in [0.1, 0.15) is 11.5 Å². The summed E-state index contributed by atoms with van der Waals surface area (Å²) in [7, 11) is -4.29. The molecule has 0 aliphatic heterocycles. The quantitative estimate of drug-likeness (QED) is 0.496. The molecule has 88 valence electrons. The van der Waals surface area contributed by atoms with E-state index in [4.69, 9.17) is 16.0 Å². The minimum atomic E-state index is -4.29. The van der Waals surface area contributed by atoms with Gasteiger partial charge in [-0.15, -0.1) is 0 Å². The third-order valence-electron chi connectivity index (χ3n) is 2.09. The molecule has 0 aliphatic rings. The molecule has 0 spiro atoms. The number of primary amides is 1. The van der Waals surface area contributed by atoms with Crippen LogP contribution in [0.15, 0.2) is 24.3 Å². The third-order valence-corrected chi connectivity index (χ3v) is 2.85. The Kier molecular flexibility index (Phi) is 3.51. The van der Waals surface area contributed by atoms with E-state index in [0.717, 1.165) is 0 Å². The molecular formula is C9H12N2O4S. The number of anilines is 1. The van der Waals surface area contributed by atoms with E-state index in [1.54, 1.807) is 12.1 Å². The number of hydrogen-bond donors (Lipinski definition) is 3. The minimum Gasteiger partial charge on any atom is -0.398 e. The summed E-state index contributed by atoms with van der Waals surface area (Å²) in [5.41, 5.74) is 11.2. The van der Waals surface area contributed by atoms with Gasteiger partial charge in [-0.3, -0.25) is 9.35 Å². The number of para-hydroxylation sites is 1. The van der Waals surface area contributed by atoms with Crippen LogP contribution >= 0.6 is 0 Å². The zero-order valence-corrected chi connectivity index (χ0v) is 9.15. The van der Waals surface area contributed by atoms with Crippen LogP contribution in [0.25, 0.3) is 0 Å². The van der Waals surface area contributed by atoms with E-state index in [2.05, 4.69) is 0 Å². The average Bonchev–Trinajstić information content (AvgIpc) is 2.13. The van der Waals surface area contributed by atoms with Crippen LogP contribution in [0.3, 0.4) is 0 Å². The molecule has 0 saturated heterocycles. The maximum Gasteiger partial charge on any atom is 0.265 e. The Morgan fingerprint density at radius 2 is 1.94 bits per heavy atom. The van der Waals surface area contributed by atoms with Gasteiger partial charge in [0.05, 0.1) is 11.7 Å². The monoisotopic (exact) mass is 244 g/mol. The van der Waals surface area contributed by atoms with Crippen LogP contribution in [0.5, 0.6) is 0 Å². The van der Waals surface area contributed by atoms with Gasteiger partial charge in [0.25, 0.3) is 10.1 Å². The summed E-state index contributed by atoms with van der Waals surface area (Å²) in [6.07, 6.45) is 0. The first kappa shape index (κ1) is 12.5. The number of carbonyl (C=O) groups excluding carboxylic acids is 1. The molecular weight excluding hydrogens is 232 g/mol. The minimum absolute atomic E-state index is 0.259. The number of nitrogen functional groups attached to an aromatic ring is 1. The van der Waals surface area contributed by atoms with Crippen molar-refractivity contribution >= 4 is 21.7 Å². The standard InChI is InChI=1S/C9H12N2O4S/c10-8-4-2-1-3-6(8)7(9(11)12)5-16(13,14)15/h1-4,7H,5,10H2,(H2,11,12)(H,13,14,15). The van der Waals surface area contributed by atoms with Gasteiger partial charge in [0.15, 0.2) is 0 Å². The van der Waals surface area contributed by atoms with Gasteiger partial charge in [-0.05, 0) is 11.6 Å². The highest BCUT2D eigenvalue weighted by molar-refractivity contribution is 7.85. The molecule has 1 unspecified atom stereocenters. The molecule has 0 heterocycles. The first-order chi connectivity index (χ1) is 7.31. The molecule has 1 aromatic carbocycles. The van der Waals surface area contributed by atoms with Gasteiger partial charge in [-0.1, -0.05) is 18.2 Å². The Morgan fingerprint density at radius 3 is 2.38 bits per heavy atom. The highest BCUT2D eigenvalue weighted by Gasteiger charge is 2.25. The van der Waals surface area contributed by atoms with E-state index in [0.29, 0.717) is 5.56 Å². The molecule has 0 aromatic heterocycles. The molecule has 6 nitrogen and oxygen atoms in total. The second-order valence-corrected chi connectivity index (χ2v) is 4.83. The Hall–Kier alpha value is -1.60. The molecule has 1 amide bonds. The fourth-order valence-corrected chi connectivity index (χ4v) is 2.13. The molecule has 0 saturated carbocycles. The highest BCUT2D eigenvalue weighted by Crippen LogP contribution is 2.23. The Morgan fingerprint density at radius 1 is 1.38 bits per heavy atom. The SMILES string of the molecule is NC(=O)C(CS(=O)(=O)O)c1ccccc1N. The van der Waals surface area contributed by atoms with Crippen molar-refractivity contribution in [2.24, 2.45) is 5.73 Å². The summed E-state index contributed by atoms with van der Waals surface area (Å²) >= 11 is 0. The molecule has 5 N–H and O–H groups in total. The molecule has 7 heteroatoms. The zero-order valence-electron chi connectivity index (χ0n) is 8.33. The second-order valence-electron chi connectivity index (χ2n) is 3.33. The van der Waals surface area contributed by atoms with Gasteiger partial charge in [0.1, 0.15) is 0 Å². The van der Waals surface area contributed by atoms with Gasteiger partial charge in [0.2, 0.25) is 5.91 Å². The van der Waals surface area contributed by atoms with E-state index in [-0.39, 0.29) is 5.69 Å². The Balaban J connectivity index is 3.14. The fraction of sp³-hybridized carbons (Fsp3) is 0.222. The molecule has 0 bridgehead atoms. The van der Waals surface area contributed by atoms with E-state index < -0.39 is 27.7 Å². The molecule has 0 aliphatic carbocycles. The molecule has 0 fully saturated rings. The van der Waals surface area contributed by atoms with E-state index >= 15 is 0 Å². The molecule has 1 aromatic rings. The van der Waals surface area contributed by atoms with Crippen molar-refractivity contribution in [3.8, 4) is 0 Å². The predicted molar refractivity (Wildman–Crippen MR) is 59.2 cm³/mol. The maximum absolute atomic E-state index is 11.1. The fourth-order valence-electron chi connectivity index (χ4n) is 1.36. The number of benzene rings is 1. The topological polar surface area (TPSA) is 123 Å². The summed E-state index contributed by atoms with van der Waals surface area (Å²) in [5, 5.41) is 0. The van der Waals surface area contributed by atoms with Crippen molar-refractivity contribution in [2.75, 3.05) is 11.5 Å². The van der Waals surface area contributed by atoms with Gasteiger partial charge in [-0.2, -0.15) is 8.42 Å². The smallest absolute Gasteiger partial charge is 0.265 e. The van der Waals surface area contributed by atoms with Crippen LogP contribution in [-0.4, -0.2) is 24.6 Å². The van der Waals surface area contributed by atoms with Crippen LogP contribution < -0.4 is 11.5 Å². The van der Waals surface area contributed by atoms with Crippen molar-refractivity contribution in [1.29, 1.82) is 0 Å². The second kappa shape index (κ2) is 4.50. The largest absolute Gasteiger partial charge is 0.398 e. The van der Waals surface area contributed by atoms with Gasteiger partial charge >= 0.3 is 0 Å². The van der Waals surface area contributed by atoms with Crippen molar-refractivity contribution in [1.82, 2.24) is 0 Å². The van der Waals surface area contributed by atoms with Crippen LogP contribution in [0, 0.1) is 0 Å². The normalized spacial score (nSPS) is 13.3. The summed E-state index contributed by atoms with van der Waals surface area (Å²) in [5.74, 6) is -2.76. The van der Waals surface area contributed by atoms with Crippen molar-refractivity contribution in [3.05, 3.63) is 29.8 Å². The Bertz CT molecular complexity index is 498.